The van der Waals surface area contributed by atoms with Crippen molar-refractivity contribution in [2.45, 2.75) is 117 Å². The molecule has 0 radical (unpaired) electrons. The molecule has 1 aromatic rings. The third kappa shape index (κ3) is 9.53. The van der Waals surface area contributed by atoms with E-state index >= 15 is 0 Å². The maximum absolute atomic E-state index is 14.3. The number of likely N-dealkylation sites (tertiary alicyclic amines) is 1. The Bertz CT molecular complexity index is 1340. The minimum absolute atomic E-state index is 0.0119. The number of nitrogens with zero attached hydrogens (tertiary/aromatic N) is 3. The lowest BCUT2D eigenvalue weighted by Gasteiger charge is -2.37. The van der Waals surface area contributed by atoms with E-state index in [0.717, 1.165) is 12.8 Å². The van der Waals surface area contributed by atoms with Gasteiger partial charge < -0.3 is 26.2 Å². The van der Waals surface area contributed by atoms with E-state index in [9.17, 15) is 37.5 Å². The van der Waals surface area contributed by atoms with Gasteiger partial charge in [0.2, 0.25) is 29.9 Å². The molecular formula is C33H49F2N7O6. The summed E-state index contributed by atoms with van der Waals surface area (Å²) in [5.74, 6) is -5.59. The molecule has 13 nitrogen and oxygen atoms in total. The Balaban J connectivity index is 1.86. The van der Waals surface area contributed by atoms with Gasteiger partial charge in [0, 0.05) is 31.4 Å². The van der Waals surface area contributed by atoms with Gasteiger partial charge in [-0.1, -0.05) is 48.0 Å². The average molecular weight is 678 g/mol. The van der Waals surface area contributed by atoms with Crippen molar-refractivity contribution in [3.8, 4) is 0 Å². The largest absolute Gasteiger partial charge is 0.347 e. The summed E-state index contributed by atoms with van der Waals surface area (Å²) in [6.07, 6.45) is 2.62. The van der Waals surface area contributed by atoms with E-state index in [-0.39, 0.29) is 36.0 Å². The maximum Gasteiger partial charge on any atom is 0.289 e. The van der Waals surface area contributed by atoms with Crippen molar-refractivity contribution in [3.05, 3.63) is 24.3 Å². The molecule has 15 heteroatoms. The van der Waals surface area contributed by atoms with Crippen molar-refractivity contribution in [2.24, 2.45) is 23.2 Å². The van der Waals surface area contributed by atoms with Crippen molar-refractivity contribution in [1.29, 1.82) is 0 Å². The third-order valence-corrected chi connectivity index (χ3v) is 9.13. The number of ketones is 1. The van der Waals surface area contributed by atoms with E-state index in [1.165, 1.54) is 23.5 Å². The van der Waals surface area contributed by atoms with Crippen LogP contribution in [-0.4, -0.2) is 93.4 Å². The van der Waals surface area contributed by atoms with Gasteiger partial charge in [-0.05, 0) is 49.4 Å². The fourth-order valence-corrected chi connectivity index (χ4v) is 6.30. The van der Waals surface area contributed by atoms with Crippen LogP contribution in [0.4, 0.5) is 8.78 Å². The van der Waals surface area contributed by atoms with Gasteiger partial charge >= 0.3 is 0 Å². The first kappa shape index (κ1) is 38.4. The summed E-state index contributed by atoms with van der Waals surface area (Å²) in [6.45, 7) is 12.3. The summed E-state index contributed by atoms with van der Waals surface area (Å²) >= 11 is 0. The molecule has 1 aliphatic carbocycles. The first-order valence-corrected chi connectivity index (χ1v) is 16.6. The van der Waals surface area contributed by atoms with Crippen LogP contribution in [-0.2, 0) is 24.0 Å². The Morgan fingerprint density at radius 2 is 1.67 bits per heavy atom. The minimum atomic E-state index is -2.99. The predicted molar refractivity (Wildman–Crippen MR) is 171 cm³/mol. The molecule has 0 aromatic carbocycles. The highest BCUT2D eigenvalue weighted by molar-refractivity contribution is 6.38. The highest BCUT2D eigenvalue weighted by Gasteiger charge is 2.52. The second-order valence-electron chi connectivity index (χ2n) is 14.2. The smallest absolute Gasteiger partial charge is 0.289 e. The number of halogens is 2. The number of carbonyl (C=O) groups is 6. The second-order valence-corrected chi connectivity index (χ2v) is 14.2. The zero-order valence-electron chi connectivity index (χ0n) is 28.7. The van der Waals surface area contributed by atoms with Gasteiger partial charge in [-0.2, -0.15) is 0 Å². The van der Waals surface area contributed by atoms with Crippen LogP contribution in [0.25, 0.3) is 0 Å². The number of amides is 5. The number of Topliss-reactive ketones (excluding diaryl/α,β-unsaturated/α-hetero) is 1. The summed E-state index contributed by atoms with van der Waals surface area (Å²) in [5.41, 5.74) is -0.845. The van der Waals surface area contributed by atoms with Crippen molar-refractivity contribution in [3.63, 3.8) is 0 Å². The first-order valence-electron chi connectivity index (χ1n) is 16.6. The molecule has 48 heavy (non-hydrogen) atoms. The third-order valence-electron chi connectivity index (χ3n) is 9.13. The number of nitrogens with one attached hydrogen (secondary N) is 4. The lowest BCUT2D eigenvalue weighted by atomic mass is 9.85. The normalized spacial score (nSPS) is 21.6. The Morgan fingerprint density at radius 3 is 2.23 bits per heavy atom. The lowest BCUT2D eigenvalue weighted by molar-refractivity contribution is -0.146. The summed E-state index contributed by atoms with van der Waals surface area (Å²) in [5, 5.41) is 10.3. The van der Waals surface area contributed by atoms with E-state index < -0.39 is 77.7 Å². The van der Waals surface area contributed by atoms with Gasteiger partial charge in [-0.3, -0.25) is 33.8 Å². The van der Waals surface area contributed by atoms with E-state index in [2.05, 4.69) is 31.2 Å². The first-order chi connectivity index (χ1) is 22.5. The molecule has 3 rings (SSSR count). The van der Waals surface area contributed by atoms with Crippen LogP contribution in [0.3, 0.4) is 0 Å². The molecule has 0 bridgehead atoms. The molecular weight excluding hydrogens is 628 g/mol. The zero-order valence-corrected chi connectivity index (χ0v) is 28.7. The van der Waals surface area contributed by atoms with Gasteiger partial charge in [0.05, 0.1) is 6.20 Å². The number of carbonyl (C=O) groups excluding carboxylic acids is 6. The maximum atomic E-state index is 14.3. The molecule has 2 unspecified atom stereocenters. The lowest BCUT2D eigenvalue weighted by Crippen LogP contribution is -2.62. The molecule has 7 atom stereocenters. The standard InChI is InChI=1S/C33H49F2N7O6/c1-8-18(4)38-31(47)26(43)21(14-23(34)35)39-30(46)25-20-11-9-10-19(20)16-42(25)32(48)27(33(5,6)7)41-29(45)24(17(2)3)40-28(44)22-15-36-12-13-37-22/h12-13,15,17-21,23-25,27H,8-11,14,16H2,1-7H3,(H,38,47)(H,39,46)(H,40,44)(H,41,45)/t18-,19-,20-,21?,24+,25?,27+/m0/s1. The molecule has 266 valence electrons. The molecule has 2 aliphatic rings. The Morgan fingerprint density at radius 1 is 0.979 bits per heavy atom. The average Bonchev–Trinajstić information content (AvgIpc) is 3.62. The topological polar surface area (TPSA) is 180 Å². The van der Waals surface area contributed by atoms with Gasteiger partial charge in [0.25, 0.3) is 11.8 Å². The Kier molecular flexibility index (Phi) is 13.1. The molecule has 2 heterocycles. The van der Waals surface area contributed by atoms with Crippen LogP contribution in [0.15, 0.2) is 18.6 Å². The van der Waals surface area contributed by atoms with Crippen LogP contribution in [0, 0.1) is 23.2 Å². The van der Waals surface area contributed by atoms with Crippen LogP contribution < -0.4 is 21.3 Å². The number of aromatic nitrogens is 2. The van der Waals surface area contributed by atoms with E-state index in [4.69, 9.17) is 0 Å². The number of rotatable bonds is 14. The van der Waals surface area contributed by atoms with Crippen LogP contribution in [0.5, 0.6) is 0 Å². The highest BCUT2D eigenvalue weighted by Crippen LogP contribution is 2.43. The molecule has 1 aromatic heterocycles. The monoisotopic (exact) mass is 677 g/mol. The fraction of sp³-hybridized carbons (Fsp3) is 0.697. The van der Waals surface area contributed by atoms with Gasteiger partial charge in [-0.15, -0.1) is 0 Å². The van der Waals surface area contributed by atoms with Gasteiger partial charge in [0.1, 0.15) is 29.9 Å². The molecule has 1 aliphatic heterocycles. The molecule has 1 saturated carbocycles. The molecule has 0 spiro atoms. The summed E-state index contributed by atoms with van der Waals surface area (Å²) in [6, 6.07) is -5.46. The quantitative estimate of drug-likeness (QED) is 0.216. The zero-order chi connectivity index (χ0) is 35.9. The van der Waals surface area contributed by atoms with Crippen LogP contribution in [0.1, 0.15) is 91.1 Å². The predicted octanol–water partition coefficient (Wildman–Crippen LogP) is 2.01. The number of alkyl halides is 2. The van der Waals surface area contributed by atoms with Gasteiger partial charge in [0.15, 0.2) is 0 Å². The van der Waals surface area contributed by atoms with Crippen molar-refractivity contribution >= 4 is 35.3 Å². The molecule has 5 amide bonds. The Labute approximate surface area is 280 Å². The molecule has 4 N–H and O–H groups in total. The van der Waals surface area contributed by atoms with E-state index in [1.54, 1.807) is 48.5 Å². The number of hydrogen-bond acceptors (Lipinski definition) is 8. The highest BCUT2D eigenvalue weighted by atomic mass is 19.3. The van der Waals surface area contributed by atoms with Crippen molar-refractivity contribution < 1.29 is 37.5 Å². The number of fused-ring (bicyclic) bond motifs is 1. The molecule has 2 fully saturated rings. The summed E-state index contributed by atoms with van der Waals surface area (Å²) in [4.78, 5) is 89.4. The Hall–Kier alpha value is -4.04. The minimum Gasteiger partial charge on any atom is -0.347 e. The van der Waals surface area contributed by atoms with E-state index in [1.807, 2.05) is 0 Å². The summed E-state index contributed by atoms with van der Waals surface area (Å²) in [7, 11) is 0. The second kappa shape index (κ2) is 16.4. The fourth-order valence-electron chi connectivity index (χ4n) is 6.30. The van der Waals surface area contributed by atoms with Crippen molar-refractivity contribution in [1.82, 2.24) is 36.1 Å². The summed E-state index contributed by atoms with van der Waals surface area (Å²) < 4.78 is 27.1. The van der Waals surface area contributed by atoms with Crippen LogP contribution in [0.2, 0.25) is 0 Å². The molecule has 1 saturated heterocycles. The SMILES string of the molecule is CC[C@H](C)NC(=O)C(=O)C(CC(F)F)NC(=O)C1[C@H]2CCC[C@H]2CN1C(=O)[C@@H](NC(=O)[C@H](NC(=O)c1cnccn1)C(C)C)C(C)(C)C. The van der Waals surface area contributed by atoms with E-state index in [0.29, 0.717) is 12.8 Å². The van der Waals surface area contributed by atoms with Gasteiger partial charge in [-0.25, -0.2) is 13.8 Å². The number of hydrogen-bond donors (Lipinski definition) is 4. The van der Waals surface area contributed by atoms with Crippen molar-refractivity contribution in [2.75, 3.05) is 6.54 Å². The van der Waals surface area contributed by atoms with Crippen LogP contribution >= 0.6 is 0 Å².